The van der Waals surface area contributed by atoms with E-state index in [0.717, 1.165) is 17.0 Å². The van der Waals surface area contributed by atoms with Gasteiger partial charge in [-0.05, 0) is 33.1 Å². The van der Waals surface area contributed by atoms with E-state index in [1.165, 1.54) is 26.8 Å². The molecular formula is C15H19N3O3S. The second kappa shape index (κ2) is 5.17. The molecule has 0 radical (unpaired) electrons. The van der Waals surface area contributed by atoms with Gasteiger partial charge in [-0.15, -0.1) is 11.3 Å². The van der Waals surface area contributed by atoms with Crippen molar-refractivity contribution in [3.63, 3.8) is 0 Å². The maximum atomic E-state index is 12.6. The standard InChI is InChI=1S/C15H19N3O3S/c1-9-10(2)22-14-16-7-11(13(20)18(9)14)12(19)17(3)8-15(21)5-4-6-15/h7,21H,4-6,8H2,1-3H3. The van der Waals surface area contributed by atoms with Crippen LogP contribution in [0.2, 0.25) is 0 Å². The molecular weight excluding hydrogens is 302 g/mol. The SMILES string of the molecule is Cc1sc2ncc(C(=O)N(C)CC3(O)CCC3)c(=O)n2c1C. The fourth-order valence-corrected chi connectivity index (χ4v) is 3.71. The molecule has 1 aliphatic carbocycles. The highest BCUT2D eigenvalue weighted by Crippen LogP contribution is 2.32. The molecule has 0 spiro atoms. The molecule has 22 heavy (non-hydrogen) atoms. The van der Waals surface area contributed by atoms with E-state index in [0.29, 0.717) is 17.8 Å². The Bertz CT molecular complexity index is 804. The Hall–Kier alpha value is -1.73. The van der Waals surface area contributed by atoms with Gasteiger partial charge in [-0.1, -0.05) is 0 Å². The highest BCUT2D eigenvalue weighted by Gasteiger charge is 2.37. The lowest BCUT2D eigenvalue weighted by atomic mass is 9.80. The van der Waals surface area contributed by atoms with Crippen LogP contribution >= 0.6 is 11.3 Å². The van der Waals surface area contributed by atoms with Crippen LogP contribution in [0.5, 0.6) is 0 Å². The van der Waals surface area contributed by atoms with Crippen molar-refractivity contribution in [1.82, 2.24) is 14.3 Å². The number of aliphatic hydroxyl groups is 1. The number of nitrogens with zero attached hydrogens (tertiary/aromatic N) is 3. The Kier molecular flexibility index (Phi) is 3.57. The number of aryl methyl sites for hydroxylation is 2. The lowest BCUT2D eigenvalue weighted by Crippen LogP contribution is -2.49. The minimum atomic E-state index is -0.799. The molecule has 0 bridgehead atoms. The molecule has 6 nitrogen and oxygen atoms in total. The van der Waals surface area contributed by atoms with E-state index < -0.39 is 11.5 Å². The summed E-state index contributed by atoms with van der Waals surface area (Å²) in [5.41, 5.74) is -0.284. The van der Waals surface area contributed by atoms with E-state index in [1.54, 1.807) is 7.05 Å². The molecule has 0 saturated heterocycles. The second-order valence-electron chi connectivity index (χ2n) is 6.08. The summed E-state index contributed by atoms with van der Waals surface area (Å²) < 4.78 is 1.49. The molecule has 1 N–H and O–H groups in total. The van der Waals surface area contributed by atoms with Gasteiger partial charge in [0.1, 0.15) is 5.56 Å². The van der Waals surface area contributed by atoms with E-state index >= 15 is 0 Å². The van der Waals surface area contributed by atoms with E-state index in [9.17, 15) is 14.7 Å². The number of amides is 1. The van der Waals surface area contributed by atoms with Crippen molar-refractivity contribution in [2.45, 2.75) is 38.7 Å². The quantitative estimate of drug-likeness (QED) is 0.926. The third-order valence-corrected chi connectivity index (χ3v) is 5.48. The minimum absolute atomic E-state index is 0.0452. The second-order valence-corrected chi connectivity index (χ2v) is 7.26. The summed E-state index contributed by atoms with van der Waals surface area (Å²) in [6, 6.07) is 0. The Morgan fingerprint density at radius 1 is 1.50 bits per heavy atom. The lowest BCUT2D eigenvalue weighted by molar-refractivity contribution is -0.0499. The Morgan fingerprint density at radius 3 is 2.77 bits per heavy atom. The molecule has 1 saturated carbocycles. The summed E-state index contributed by atoms with van der Waals surface area (Å²) in [4.78, 5) is 32.3. The number of hydrogen-bond acceptors (Lipinski definition) is 5. The van der Waals surface area contributed by atoms with Gasteiger partial charge in [0.25, 0.3) is 11.5 Å². The first kappa shape index (κ1) is 15.2. The molecule has 1 amide bonds. The van der Waals surface area contributed by atoms with Gasteiger partial charge in [0.05, 0.1) is 5.60 Å². The number of likely N-dealkylation sites (N-methyl/N-ethyl adjacent to an activating group) is 1. The fourth-order valence-electron chi connectivity index (χ4n) is 2.78. The molecule has 1 aliphatic rings. The van der Waals surface area contributed by atoms with Crippen LogP contribution in [0.15, 0.2) is 11.0 Å². The Morgan fingerprint density at radius 2 is 2.18 bits per heavy atom. The normalized spacial score (nSPS) is 16.5. The van der Waals surface area contributed by atoms with Crippen molar-refractivity contribution in [1.29, 1.82) is 0 Å². The average molecular weight is 321 g/mol. The van der Waals surface area contributed by atoms with Crippen LogP contribution in [-0.2, 0) is 0 Å². The summed E-state index contributed by atoms with van der Waals surface area (Å²) in [5.74, 6) is -0.393. The molecule has 0 aromatic carbocycles. The molecule has 3 rings (SSSR count). The first-order chi connectivity index (χ1) is 10.3. The van der Waals surface area contributed by atoms with Crippen molar-refractivity contribution in [2.24, 2.45) is 0 Å². The van der Waals surface area contributed by atoms with Crippen LogP contribution in [0.3, 0.4) is 0 Å². The van der Waals surface area contributed by atoms with Crippen LogP contribution in [0.4, 0.5) is 0 Å². The van der Waals surface area contributed by atoms with Gasteiger partial charge in [0.15, 0.2) is 4.96 Å². The molecule has 118 valence electrons. The highest BCUT2D eigenvalue weighted by molar-refractivity contribution is 7.17. The highest BCUT2D eigenvalue weighted by atomic mass is 32.1. The lowest BCUT2D eigenvalue weighted by Gasteiger charge is -2.39. The largest absolute Gasteiger partial charge is 0.388 e. The number of rotatable bonds is 3. The van der Waals surface area contributed by atoms with Crippen molar-refractivity contribution >= 4 is 22.2 Å². The average Bonchev–Trinajstić information content (AvgIpc) is 2.73. The van der Waals surface area contributed by atoms with Crippen molar-refractivity contribution in [2.75, 3.05) is 13.6 Å². The van der Waals surface area contributed by atoms with Gasteiger partial charge < -0.3 is 10.0 Å². The van der Waals surface area contributed by atoms with E-state index in [4.69, 9.17) is 0 Å². The van der Waals surface area contributed by atoms with Crippen molar-refractivity contribution < 1.29 is 9.90 Å². The summed E-state index contributed by atoms with van der Waals surface area (Å²) >= 11 is 1.43. The number of hydrogen-bond donors (Lipinski definition) is 1. The van der Waals surface area contributed by atoms with Crippen molar-refractivity contribution in [3.8, 4) is 0 Å². The zero-order valence-electron chi connectivity index (χ0n) is 12.9. The van der Waals surface area contributed by atoms with Crippen LogP contribution in [0, 0.1) is 13.8 Å². The predicted octanol–water partition coefficient (Wildman–Crippen LogP) is 1.36. The van der Waals surface area contributed by atoms with Gasteiger partial charge in [0, 0.05) is 30.4 Å². The molecule has 0 atom stereocenters. The summed E-state index contributed by atoms with van der Waals surface area (Å²) in [7, 11) is 1.61. The maximum absolute atomic E-state index is 12.6. The van der Waals surface area contributed by atoms with Gasteiger partial charge >= 0.3 is 0 Å². The summed E-state index contributed by atoms with van der Waals surface area (Å²) in [6.45, 7) is 4.01. The van der Waals surface area contributed by atoms with Crippen LogP contribution < -0.4 is 5.56 Å². The predicted molar refractivity (Wildman–Crippen MR) is 84.6 cm³/mol. The molecule has 2 aromatic rings. The van der Waals surface area contributed by atoms with Crippen LogP contribution in [0.1, 0.15) is 40.2 Å². The number of fused-ring (bicyclic) bond motifs is 1. The zero-order chi connectivity index (χ0) is 16.1. The monoisotopic (exact) mass is 321 g/mol. The molecule has 2 heterocycles. The molecule has 0 unspecified atom stereocenters. The third kappa shape index (κ3) is 2.34. The van der Waals surface area contributed by atoms with Crippen LogP contribution in [-0.4, -0.2) is 44.5 Å². The first-order valence-corrected chi connectivity index (χ1v) is 8.10. The van der Waals surface area contributed by atoms with Gasteiger partial charge in [-0.25, -0.2) is 4.98 Å². The van der Waals surface area contributed by atoms with E-state index in [-0.39, 0.29) is 17.7 Å². The van der Waals surface area contributed by atoms with Crippen LogP contribution in [0.25, 0.3) is 4.96 Å². The van der Waals surface area contributed by atoms with Crippen molar-refractivity contribution in [3.05, 3.63) is 32.7 Å². The summed E-state index contributed by atoms with van der Waals surface area (Å²) in [6.07, 6.45) is 3.71. The molecule has 0 aliphatic heterocycles. The summed E-state index contributed by atoms with van der Waals surface area (Å²) in [5, 5.41) is 10.2. The minimum Gasteiger partial charge on any atom is -0.388 e. The molecule has 1 fully saturated rings. The van der Waals surface area contributed by atoms with Gasteiger partial charge in [-0.2, -0.15) is 0 Å². The molecule has 7 heteroatoms. The Balaban J connectivity index is 1.95. The number of carbonyl (C=O) groups excluding carboxylic acids is 1. The smallest absolute Gasteiger partial charge is 0.271 e. The van der Waals surface area contributed by atoms with Gasteiger partial charge in [-0.3, -0.25) is 14.0 Å². The third-order valence-electron chi connectivity index (χ3n) is 4.41. The van der Waals surface area contributed by atoms with E-state index in [1.807, 2.05) is 13.8 Å². The van der Waals surface area contributed by atoms with E-state index in [2.05, 4.69) is 4.98 Å². The number of aromatic nitrogens is 2. The fraction of sp³-hybridized carbons (Fsp3) is 0.533. The number of thiazole rings is 1. The maximum Gasteiger partial charge on any atom is 0.271 e. The molecule has 2 aromatic heterocycles. The first-order valence-electron chi connectivity index (χ1n) is 7.28. The zero-order valence-corrected chi connectivity index (χ0v) is 13.7. The Labute approximate surface area is 132 Å². The number of carbonyl (C=O) groups is 1. The van der Waals surface area contributed by atoms with Gasteiger partial charge in [0.2, 0.25) is 0 Å². The topological polar surface area (TPSA) is 74.9 Å².